The van der Waals surface area contributed by atoms with E-state index in [1.54, 1.807) is 38.3 Å². The maximum absolute atomic E-state index is 12.4. The van der Waals surface area contributed by atoms with Crippen LogP contribution in [0.4, 0.5) is 5.69 Å². The van der Waals surface area contributed by atoms with Crippen molar-refractivity contribution >= 4 is 21.6 Å². The first-order chi connectivity index (χ1) is 11.9. The number of hydrogen-bond acceptors (Lipinski definition) is 4. The Kier molecular flexibility index (Phi) is 6.03. The van der Waals surface area contributed by atoms with E-state index in [0.29, 0.717) is 17.0 Å². The Morgan fingerprint density at radius 2 is 1.76 bits per heavy atom. The number of methoxy groups -OCH3 is 1. The first kappa shape index (κ1) is 18.8. The van der Waals surface area contributed by atoms with Crippen molar-refractivity contribution in [2.24, 2.45) is 0 Å². The predicted octanol–water partition coefficient (Wildman–Crippen LogP) is 2.95. The smallest absolute Gasteiger partial charge is 0.251 e. The molecule has 2 N–H and O–H groups in total. The van der Waals surface area contributed by atoms with Crippen LogP contribution in [0.2, 0.25) is 0 Å². The van der Waals surface area contributed by atoms with E-state index in [2.05, 4.69) is 10.0 Å². The Bertz CT molecular complexity index is 832. The largest absolute Gasteiger partial charge is 0.496 e. The number of carbonyl (C=O) groups excluding carboxylic acids is 1. The van der Waals surface area contributed by atoms with Gasteiger partial charge in [-0.15, -0.1) is 0 Å². The van der Waals surface area contributed by atoms with Crippen LogP contribution >= 0.6 is 0 Å². The molecular weight excluding hydrogens is 340 g/mol. The zero-order valence-corrected chi connectivity index (χ0v) is 15.3. The summed E-state index contributed by atoms with van der Waals surface area (Å²) in [5.41, 5.74) is 1.75. The van der Waals surface area contributed by atoms with Gasteiger partial charge in [0.05, 0.1) is 18.9 Å². The van der Waals surface area contributed by atoms with Gasteiger partial charge in [-0.1, -0.05) is 18.2 Å². The molecular formula is C18H22N2O4S. The molecule has 25 heavy (non-hydrogen) atoms. The van der Waals surface area contributed by atoms with Gasteiger partial charge in [0.1, 0.15) is 5.75 Å². The zero-order chi connectivity index (χ0) is 18.4. The second-order valence-corrected chi connectivity index (χ2v) is 7.53. The van der Waals surface area contributed by atoms with Gasteiger partial charge >= 0.3 is 0 Å². The molecule has 134 valence electrons. The summed E-state index contributed by atoms with van der Waals surface area (Å²) in [6.45, 7) is 3.43. The lowest BCUT2D eigenvalue weighted by Crippen LogP contribution is -2.27. The Balaban J connectivity index is 2.08. The van der Waals surface area contributed by atoms with Crippen LogP contribution in [0.5, 0.6) is 5.75 Å². The number of sulfonamides is 1. The molecule has 1 amide bonds. The number of amides is 1. The van der Waals surface area contributed by atoms with Crippen molar-refractivity contribution in [1.82, 2.24) is 5.32 Å². The van der Waals surface area contributed by atoms with E-state index in [-0.39, 0.29) is 17.7 Å². The molecule has 0 bridgehead atoms. The molecule has 0 fully saturated rings. The lowest BCUT2D eigenvalue weighted by molar-refractivity contribution is 0.0939. The van der Waals surface area contributed by atoms with E-state index in [0.717, 1.165) is 5.56 Å². The molecule has 0 heterocycles. The lowest BCUT2D eigenvalue weighted by Gasteiger charge is -2.17. The molecule has 0 aromatic heterocycles. The molecule has 0 saturated heterocycles. The number of rotatable bonds is 7. The van der Waals surface area contributed by atoms with Gasteiger partial charge in [0.2, 0.25) is 10.0 Å². The number of benzene rings is 2. The SMILES string of the molecule is CCS(=O)(=O)Nc1ccc(C(=O)N[C@@H](C)c2ccccc2OC)cc1. The van der Waals surface area contributed by atoms with Crippen LogP contribution in [0.3, 0.4) is 0 Å². The maximum Gasteiger partial charge on any atom is 0.251 e. The Labute approximate surface area is 148 Å². The number of carbonyl (C=O) groups is 1. The van der Waals surface area contributed by atoms with Crippen molar-refractivity contribution < 1.29 is 17.9 Å². The maximum atomic E-state index is 12.4. The van der Waals surface area contributed by atoms with Gasteiger partial charge in [-0.3, -0.25) is 9.52 Å². The molecule has 7 heteroatoms. The Morgan fingerprint density at radius 1 is 1.12 bits per heavy atom. The van der Waals surface area contributed by atoms with Crippen molar-refractivity contribution in [3.8, 4) is 5.75 Å². The molecule has 0 aliphatic rings. The number of nitrogens with one attached hydrogen (secondary N) is 2. The number of para-hydroxylation sites is 1. The predicted molar refractivity (Wildman–Crippen MR) is 98.4 cm³/mol. The van der Waals surface area contributed by atoms with Crippen LogP contribution in [0.15, 0.2) is 48.5 Å². The summed E-state index contributed by atoms with van der Waals surface area (Å²) in [6, 6.07) is 13.5. The summed E-state index contributed by atoms with van der Waals surface area (Å²) >= 11 is 0. The molecule has 0 aliphatic carbocycles. The summed E-state index contributed by atoms with van der Waals surface area (Å²) in [4.78, 5) is 12.4. The average molecular weight is 362 g/mol. The van der Waals surface area contributed by atoms with Gasteiger partial charge in [-0.05, 0) is 44.2 Å². The fourth-order valence-electron chi connectivity index (χ4n) is 2.32. The van der Waals surface area contributed by atoms with Crippen molar-refractivity contribution in [3.05, 3.63) is 59.7 Å². The van der Waals surface area contributed by atoms with Gasteiger partial charge in [-0.25, -0.2) is 8.42 Å². The number of anilines is 1. The quantitative estimate of drug-likeness (QED) is 0.793. The average Bonchev–Trinajstić information content (AvgIpc) is 2.61. The van der Waals surface area contributed by atoms with E-state index in [9.17, 15) is 13.2 Å². The Morgan fingerprint density at radius 3 is 2.36 bits per heavy atom. The van der Waals surface area contributed by atoms with E-state index in [1.807, 2.05) is 31.2 Å². The fourth-order valence-corrected chi connectivity index (χ4v) is 2.96. The van der Waals surface area contributed by atoms with E-state index in [1.165, 1.54) is 0 Å². The fraction of sp³-hybridized carbons (Fsp3) is 0.278. The molecule has 0 spiro atoms. The van der Waals surface area contributed by atoms with Gasteiger partial charge < -0.3 is 10.1 Å². The minimum absolute atomic E-state index is 0.00827. The first-order valence-electron chi connectivity index (χ1n) is 7.90. The van der Waals surface area contributed by atoms with E-state index < -0.39 is 10.0 Å². The second-order valence-electron chi connectivity index (χ2n) is 5.52. The van der Waals surface area contributed by atoms with Crippen LogP contribution < -0.4 is 14.8 Å². The normalized spacial score (nSPS) is 12.3. The molecule has 0 saturated carbocycles. The highest BCUT2D eigenvalue weighted by Gasteiger charge is 2.15. The molecule has 2 rings (SSSR count). The van der Waals surface area contributed by atoms with Crippen molar-refractivity contribution in [3.63, 3.8) is 0 Å². The first-order valence-corrected chi connectivity index (χ1v) is 9.56. The van der Waals surface area contributed by atoms with Crippen LogP contribution in [0.1, 0.15) is 35.8 Å². The highest BCUT2D eigenvalue weighted by atomic mass is 32.2. The van der Waals surface area contributed by atoms with Crippen LogP contribution in [0, 0.1) is 0 Å². The second kappa shape index (κ2) is 8.02. The van der Waals surface area contributed by atoms with Crippen LogP contribution in [0.25, 0.3) is 0 Å². The number of hydrogen-bond donors (Lipinski definition) is 2. The van der Waals surface area contributed by atoms with Crippen molar-refractivity contribution in [2.75, 3.05) is 17.6 Å². The molecule has 0 radical (unpaired) electrons. The van der Waals surface area contributed by atoms with E-state index >= 15 is 0 Å². The summed E-state index contributed by atoms with van der Waals surface area (Å²) < 4.78 is 30.8. The van der Waals surface area contributed by atoms with Crippen molar-refractivity contribution in [2.45, 2.75) is 19.9 Å². The molecule has 2 aromatic carbocycles. The van der Waals surface area contributed by atoms with Crippen LogP contribution in [-0.2, 0) is 10.0 Å². The minimum Gasteiger partial charge on any atom is -0.496 e. The lowest BCUT2D eigenvalue weighted by atomic mass is 10.1. The van der Waals surface area contributed by atoms with Crippen molar-refractivity contribution in [1.29, 1.82) is 0 Å². The monoisotopic (exact) mass is 362 g/mol. The van der Waals surface area contributed by atoms with E-state index in [4.69, 9.17) is 4.74 Å². The highest BCUT2D eigenvalue weighted by molar-refractivity contribution is 7.92. The molecule has 1 atom stereocenters. The Hall–Kier alpha value is -2.54. The summed E-state index contributed by atoms with van der Waals surface area (Å²) in [5, 5.41) is 2.91. The molecule has 0 aliphatic heterocycles. The zero-order valence-electron chi connectivity index (χ0n) is 14.4. The summed E-state index contributed by atoms with van der Waals surface area (Å²) in [5.74, 6) is 0.453. The summed E-state index contributed by atoms with van der Waals surface area (Å²) in [6.07, 6.45) is 0. The third-order valence-corrected chi connectivity index (χ3v) is 5.06. The minimum atomic E-state index is -3.33. The van der Waals surface area contributed by atoms with Gasteiger partial charge in [0.15, 0.2) is 0 Å². The standard InChI is InChI=1S/C18H22N2O4S/c1-4-25(22,23)20-15-11-9-14(10-12-15)18(21)19-13(2)16-7-5-6-8-17(16)24-3/h5-13,20H,4H2,1-3H3,(H,19,21)/t13-/m0/s1. The number of ether oxygens (including phenoxy) is 1. The van der Waals surface area contributed by atoms with Gasteiger partial charge in [0.25, 0.3) is 5.91 Å². The molecule has 6 nitrogen and oxygen atoms in total. The third-order valence-electron chi connectivity index (χ3n) is 3.75. The van der Waals surface area contributed by atoms with Gasteiger partial charge in [-0.2, -0.15) is 0 Å². The summed E-state index contributed by atoms with van der Waals surface area (Å²) in [7, 11) is -1.75. The third kappa shape index (κ3) is 4.96. The van der Waals surface area contributed by atoms with Gasteiger partial charge in [0, 0.05) is 16.8 Å². The molecule has 2 aromatic rings. The molecule has 0 unspecified atom stereocenters. The highest BCUT2D eigenvalue weighted by Crippen LogP contribution is 2.24. The van der Waals surface area contributed by atoms with Crippen LogP contribution in [-0.4, -0.2) is 27.2 Å². The topological polar surface area (TPSA) is 84.5 Å².